The lowest BCUT2D eigenvalue weighted by Gasteiger charge is -2.07. The number of carbonyl (C=O) groups excluding carboxylic acids is 1. The van der Waals surface area contributed by atoms with Gasteiger partial charge in [0.15, 0.2) is 0 Å². The lowest BCUT2D eigenvalue weighted by Crippen LogP contribution is -2.12. The number of aryl methyl sites for hydroxylation is 1. The Bertz CT molecular complexity index is 730. The number of benzene rings is 1. The highest BCUT2D eigenvalue weighted by Crippen LogP contribution is 2.15. The highest BCUT2D eigenvalue weighted by molar-refractivity contribution is 6.04. The van der Waals surface area contributed by atoms with Crippen LogP contribution in [0.25, 0.3) is 5.69 Å². The number of rotatable bonds is 3. The highest BCUT2D eigenvalue weighted by atomic mass is 16.1. The lowest BCUT2D eigenvalue weighted by atomic mass is 10.2. The summed E-state index contributed by atoms with van der Waals surface area (Å²) in [5.41, 5.74) is 2.94. The Labute approximate surface area is 115 Å². The van der Waals surface area contributed by atoms with Crippen LogP contribution in [0.4, 0.5) is 5.69 Å². The molecular formula is C14H13N5O. The van der Waals surface area contributed by atoms with E-state index in [9.17, 15) is 4.79 Å². The molecule has 0 atom stereocenters. The third kappa shape index (κ3) is 2.31. The molecule has 0 spiro atoms. The molecule has 100 valence electrons. The van der Waals surface area contributed by atoms with Gasteiger partial charge in [-0.15, -0.1) is 0 Å². The third-order valence-electron chi connectivity index (χ3n) is 2.98. The van der Waals surface area contributed by atoms with Crippen LogP contribution < -0.4 is 5.32 Å². The molecule has 0 aliphatic heterocycles. The van der Waals surface area contributed by atoms with Gasteiger partial charge < -0.3 is 9.88 Å². The van der Waals surface area contributed by atoms with Gasteiger partial charge in [0, 0.05) is 29.5 Å². The molecule has 2 N–H and O–H groups in total. The van der Waals surface area contributed by atoms with Crippen molar-refractivity contribution in [1.29, 1.82) is 0 Å². The Morgan fingerprint density at radius 1 is 1.40 bits per heavy atom. The van der Waals surface area contributed by atoms with E-state index >= 15 is 0 Å². The number of hydrogen-bond donors (Lipinski definition) is 2. The first-order chi connectivity index (χ1) is 9.74. The summed E-state index contributed by atoms with van der Waals surface area (Å²) < 4.78 is 1.87. The maximum Gasteiger partial charge on any atom is 0.259 e. The number of nitrogens with one attached hydrogen (secondary N) is 2. The quantitative estimate of drug-likeness (QED) is 0.763. The van der Waals surface area contributed by atoms with Crippen LogP contribution in [0.3, 0.4) is 0 Å². The van der Waals surface area contributed by atoms with E-state index in [4.69, 9.17) is 0 Å². The van der Waals surface area contributed by atoms with Gasteiger partial charge in [-0.1, -0.05) is 6.07 Å². The van der Waals surface area contributed by atoms with Crippen LogP contribution in [0.1, 0.15) is 16.1 Å². The van der Waals surface area contributed by atoms with Gasteiger partial charge in [0.1, 0.15) is 0 Å². The Morgan fingerprint density at radius 3 is 3.00 bits per heavy atom. The SMILES string of the molecule is Cc1[nH]ncc1C(=O)Nc1cccc(-n2ccnc2)c1. The largest absolute Gasteiger partial charge is 0.322 e. The van der Waals surface area contributed by atoms with Crippen LogP contribution in [-0.2, 0) is 0 Å². The number of imidazole rings is 1. The Balaban J connectivity index is 1.83. The van der Waals surface area contributed by atoms with Crippen molar-refractivity contribution < 1.29 is 4.79 Å². The molecule has 1 aromatic carbocycles. The normalized spacial score (nSPS) is 10.4. The summed E-state index contributed by atoms with van der Waals surface area (Å²) >= 11 is 0. The fraction of sp³-hybridized carbons (Fsp3) is 0.0714. The molecule has 0 saturated heterocycles. The van der Waals surface area contributed by atoms with Crippen molar-refractivity contribution in [2.75, 3.05) is 5.32 Å². The van der Waals surface area contributed by atoms with Crippen LogP contribution in [0.2, 0.25) is 0 Å². The van der Waals surface area contributed by atoms with Crippen molar-refractivity contribution in [3.8, 4) is 5.69 Å². The minimum Gasteiger partial charge on any atom is -0.322 e. The fourth-order valence-electron chi connectivity index (χ4n) is 1.93. The maximum absolute atomic E-state index is 12.1. The van der Waals surface area contributed by atoms with E-state index in [1.807, 2.05) is 42.0 Å². The standard InChI is InChI=1S/C14H13N5O/c1-10-13(8-16-18-10)14(20)17-11-3-2-4-12(7-11)19-6-5-15-9-19/h2-9H,1H3,(H,16,18)(H,17,20). The second-order valence-electron chi connectivity index (χ2n) is 4.38. The molecule has 2 heterocycles. The first-order valence-corrected chi connectivity index (χ1v) is 6.14. The molecule has 0 bridgehead atoms. The Hall–Kier alpha value is -2.89. The van der Waals surface area contributed by atoms with Crippen molar-refractivity contribution in [1.82, 2.24) is 19.7 Å². The van der Waals surface area contributed by atoms with Gasteiger partial charge in [-0.2, -0.15) is 5.10 Å². The maximum atomic E-state index is 12.1. The predicted molar refractivity (Wildman–Crippen MR) is 74.8 cm³/mol. The molecule has 20 heavy (non-hydrogen) atoms. The number of nitrogens with zero attached hydrogens (tertiary/aromatic N) is 3. The van der Waals surface area contributed by atoms with E-state index < -0.39 is 0 Å². The second kappa shape index (κ2) is 5.00. The molecule has 6 nitrogen and oxygen atoms in total. The number of H-pyrrole nitrogens is 1. The van der Waals surface area contributed by atoms with Gasteiger partial charge in [0.25, 0.3) is 5.91 Å². The minimum atomic E-state index is -0.181. The van der Waals surface area contributed by atoms with E-state index in [2.05, 4.69) is 20.5 Å². The van der Waals surface area contributed by atoms with E-state index in [1.165, 1.54) is 6.20 Å². The molecule has 6 heteroatoms. The van der Waals surface area contributed by atoms with Crippen molar-refractivity contribution in [3.63, 3.8) is 0 Å². The molecule has 1 amide bonds. The summed E-state index contributed by atoms with van der Waals surface area (Å²) in [6.07, 6.45) is 6.78. The predicted octanol–water partition coefficient (Wildman–Crippen LogP) is 2.16. The molecule has 0 saturated carbocycles. The third-order valence-corrected chi connectivity index (χ3v) is 2.98. The number of amides is 1. The van der Waals surface area contributed by atoms with E-state index in [0.29, 0.717) is 5.56 Å². The first kappa shape index (κ1) is 12.2. The number of aromatic amines is 1. The van der Waals surface area contributed by atoms with Crippen molar-refractivity contribution in [2.24, 2.45) is 0 Å². The second-order valence-corrected chi connectivity index (χ2v) is 4.38. The van der Waals surface area contributed by atoms with E-state index in [0.717, 1.165) is 17.1 Å². The summed E-state index contributed by atoms with van der Waals surface area (Å²) in [5, 5.41) is 9.45. The van der Waals surface area contributed by atoms with Crippen molar-refractivity contribution in [3.05, 3.63) is 60.4 Å². The van der Waals surface area contributed by atoms with Crippen LogP contribution >= 0.6 is 0 Å². The Kier molecular flexibility index (Phi) is 3.04. The summed E-state index contributed by atoms with van der Waals surface area (Å²) in [6, 6.07) is 7.55. The molecular weight excluding hydrogens is 254 g/mol. The summed E-state index contributed by atoms with van der Waals surface area (Å²) in [5.74, 6) is -0.181. The number of aromatic nitrogens is 4. The number of carbonyl (C=O) groups is 1. The smallest absolute Gasteiger partial charge is 0.259 e. The molecule has 3 aromatic rings. The first-order valence-electron chi connectivity index (χ1n) is 6.14. The molecule has 0 unspecified atom stereocenters. The van der Waals surface area contributed by atoms with Gasteiger partial charge in [0.05, 0.1) is 18.1 Å². The highest BCUT2D eigenvalue weighted by Gasteiger charge is 2.11. The minimum absolute atomic E-state index is 0.181. The van der Waals surface area contributed by atoms with Crippen LogP contribution in [-0.4, -0.2) is 25.7 Å². The van der Waals surface area contributed by atoms with Crippen LogP contribution in [0.15, 0.2) is 49.2 Å². The fourth-order valence-corrected chi connectivity index (χ4v) is 1.93. The zero-order valence-corrected chi connectivity index (χ0v) is 10.9. The molecule has 0 radical (unpaired) electrons. The van der Waals surface area contributed by atoms with Gasteiger partial charge in [0.2, 0.25) is 0 Å². The van der Waals surface area contributed by atoms with Crippen LogP contribution in [0, 0.1) is 6.92 Å². The van der Waals surface area contributed by atoms with Gasteiger partial charge in [-0.05, 0) is 25.1 Å². The molecule has 0 fully saturated rings. The number of anilines is 1. The van der Waals surface area contributed by atoms with Crippen molar-refractivity contribution in [2.45, 2.75) is 6.92 Å². The average Bonchev–Trinajstić information content (AvgIpc) is 3.09. The van der Waals surface area contributed by atoms with Gasteiger partial charge in [-0.25, -0.2) is 4.98 Å². The summed E-state index contributed by atoms with van der Waals surface area (Å²) in [7, 11) is 0. The van der Waals surface area contributed by atoms with E-state index in [1.54, 1.807) is 12.5 Å². The zero-order chi connectivity index (χ0) is 13.9. The van der Waals surface area contributed by atoms with E-state index in [-0.39, 0.29) is 5.91 Å². The molecule has 0 aliphatic rings. The number of hydrogen-bond acceptors (Lipinski definition) is 3. The van der Waals surface area contributed by atoms with Gasteiger partial charge >= 0.3 is 0 Å². The molecule has 0 aliphatic carbocycles. The monoisotopic (exact) mass is 267 g/mol. The molecule has 3 rings (SSSR count). The summed E-state index contributed by atoms with van der Waals surface area (Å²) in [6.45, 7) is 1.81. The zero-order valence-electron chi connectivity index (χ0n) is 10.9. The Morgan fingerprint density at radius 2 is 2.30 bits per heavy atom. The van der Waals surface area contributed by atoms with Crippen LogP contribution in [0.5, 0.6) is 0 Å². The molecule has 2 aromatic heterocycles. The van der Waals surface area contributed by atoms with Crippen molar-refractivity contribution >= 4 is 11.6 Å². The summed E-state index contributed by atoms with van der Waals surface area (Å²) in [4.78, 5) is 16.1. The van der Waals surface area contributed by atoms with Gasteiger partial charge in [-0.3, -0.25) is 9.89 Å². The lowest BCUT2D eigenvalue weighted by molar-refractivity contribution is 0.102. The average molecular weight is 267 g/mol. The topological polar surface area (TPSA) is 75.6 Å².